The second-order valence-electron chi connectivity index (χ2n) is 2.22. The highest BCUT2D eigenvalue weighted by atomic mass is 16.5. The van der Waals surface area contributed by atoms with Crippen molar-refractivity contribution in [3.8, 4) is 18.4 Å². The summed E-state index contributed by atoms with van der Waals surface area (Å²) in [6.07, 6.45) is 6.91. The van der Waals surface area contributed by atoms with Crippen LogP contribution in [-0.2, 0) is 9.53 Å². The molecule has 0 bridgehead atoms. The Bertz CT molecular complexity index is 210. The Labute approximate surface area is 72.3 Å². The van der Waals surface area contributed by atoms with Gasteiger partial charge in [-0.25, -0.2) is 0 Å². The average Bonchev–Trinajstić information content (AvgIpc) is 2.05. The minimum atomic E-state index is -0.366. The third-order valence-electron chi connectivity index (χ3n) is 1.19. The molecule has 0 heterocycles. The van der Waals surface area contributed by atoms with E-state index in [0.29, 0.717) is 13.0 Å². The van der Waals surface area contributed by atoms with E-state index in [2.05, 4.69) is 5.92 Å². The number of carbonyl (C=O) groups excluding carboxylic acids is 1. The number of unbranched alkanes of at least 4 members (excludes halogenated alkanes) is 2. The predicted octanol–water partition coefficient (Wildman–Crippen LogP) is 1.25. The van der Waals surface area contributed by atoms with Crippen molar-refractivity contribution >= 4 is 5.97 Å². The van der Waals surface area contributed by atoms with E-state index in [1.807, 2.05) is 6.07 Å². The molecule has 0 aromatic carbocycles. The van der Waals surface area contributed by atoms with E-state index in [4.69, 9.17) is 16.4 Å². The molecule has 0 aromatic rings. The van der Waals surface area contributed by atoms with Gasteiger partial charge in [0.2, 0.25) is 0 Å². The van der Waals surface area contributed by atoms with Crippen molar-refractivity contribution in [1.82, 2.24) is 0 Å². The molecule has 0 fully saturated rings. The van der Waals surface area contributed by atoms with Crippen molar-refractivity contribution in [1.29, 1.82) is 5.26 Å². The summed E-state index contributed by atoms with van der Waals surface area (Å²) in [6.45, 7) is 0.363. The molecule has 0 saturated heterocycles. The lowest BCUT2D eigenvalue weighted by molar-refractivity contribution is -0.142. The molecular formula is C9H11NO2. The molecule has 0 N–H and O–H groups in total. The van der Waals surface area contributed by atoms with Crippen molar-refractivity contribution in [2.45, 2.75) is 25.7 Å². The minimum absolute atomic E-state index is 0.0260. The van der Waals surface area contributed by atoms with Gasteiger partial charge in [-0.05, 0) is 12.8 Å². The number of ether oxygens (including phenoxy) is 1. The maximum Gasteiger partial charge on any atom is 0.317 e. The van der Waals surface area contributed by atoms with Crippen LogP contribution in [0.1, 0.15) is 25.7 Å². The maximum absolute atomic E-state index is 10.6. The summed E-state index contributed by atoms with van der Waals surface area (Å²) in [4.78, 5) is 10.6. The molecule has 0 aromatic heterocycles. The summed E-state index contributed by atoms with van der Waals surface area (Å²) < 4.78 is 4.74. The maximum atomic E-state index is 10.6. The summed E-state index contributed by atoms with van der Waals surface area (Å²) in [5.41, 5.74) is 0. The second-order valence-corrected chi connectivity index (χ2v) is 2.22. The SMILES string of the molecule is C#CCC(=O)OCCCCC#N. The first kappa shape index (κ1) is 10.5. The second kappa shape index (κ2) is 7.63. The van der Waals surface area contributed by atoms with Gasteiger partial charge in [0.05, 0.1) is 12.7 Å². The van der Waals surface area contributed by atoms with Gasteiger partial charge >= 0.3 is 5.97 Å². The van der Waals surface area contributed by atoms with Crippen molar-refractivity contribution in [2.24, 2.45) is 0 Å². The fourth-order valence-electron chi connectivity index (χ4n) is 0.626. The monoisotopic (exact) mass is 165 g/mol. The lowest BCUT2D eigenvalue weighted by Gasteiger charge is -1.99. The molecule has 0 aliphatic rings. The highest BCUT2D eigenvalue weighted by Gasteiger charge is 1.97. The molecule has 3 heteroatoms. The van der Waals surface area contributed by atoms with E-state index in [1.165, 1.54) is 0 Å². The van der Waals surface area contributed by atoms with Crippen LogP contribution in [0.4, 0.5) is 0 Å². The lowest BCUT2D eigenvalue weighted by atomic mass is 10.3. The highest BCUT2D eigenvalue weighted by molar-refractivity contribution is 5.72. The van der Waals surface area contributed by atoms with E-state index < -0.39 is 0 Å². The van der Waals surface area contributed by atoms with Gasteiger partial charge in [0, 0.05) is 6.42 Å². The zero-order chi connectivity index (χ0) is 9.23. The molecule has 0 unspecified atom stereocenters. The standard InChI is InChI=1S/C9H11NO2/c1-2-6-9(11)12-8-5-3-4-7-10/h1H,3-6,8H2. The molecule has 0 atom stereocenters. The summed E-state index contributed by atoms with van der Waals surface area (Å²) in [6, 6.07) is 2.01. The van der Waals surface area contributed by atoms with Crippen LogP contribution in [0.5, 0.6) is 0 Å². The minimum Gasteiger partial charge on any atom is -0.465 e. The Balaban J connectivity index is 3.16. The third-order valence-corrected chi connectivity index (χ3v) is 1.19. The quantitative estimate of drug-likeness (QED) is 0.350. The van der Waals surface area contributed by atoms with Gasteiger partial charge in [0.1, 0.15) is 6.42 Å². The number of terminal acetylenes is 1. The molecule has 0 aliphatic heterocycles. The zero-order valence-corrected chi connectivity index (χ0v) is 6.88. The van der Waals surface area contributed by atoms with Crippen molar-refractivity contribution in [2.75, 3.05) is 6.61 Å². The Hall–Kier alpha value is -1.48. The topological polar surface area (TPSA) is 50.1 Å². The largest absolute Gasteiger partial charge is 0.465 e. The molecule has 0 rings (SSSR count). The van der Waals surface area contributed by atoms with Crippen LogP contribution in [-0.4, -0.2) is 12.6 Å². The van der Waals surface area contributed by atoms with E-state index >= 15 is 0 Å². The van der Waals surface area contributed by atoms with Crippen molar-refractivity contribution < 1.29 is 9.53 Å². The fourth-order valence-corrected chi connectivity index (χ4v) is 0.626. The normalized spacial score (nSPS) is 8.17. The van der Waals surface area contributed by atoms with Gasteiger partial charge in [-0.3, -0.25) is 4.79 Å². The van der Waals surface area contributed by atoms with Gasteiger partial charge in [0.25, 0.3) is 0 Å². The summed E-state index contributed by atoms with van der Waals surface area (Å²) in [7, 11) is 0. The predicted molar refractivity (Wildman–Crippen MR) is 43.9 cm³/mol. The van der Waals surface area contributed by atoms with Crippen molar-refractivity contribution in [3.05, 3.63) is 0 Å². The third kappa shape index (κ3) is 6.64. The molecule has 3 nitrogen and oxygen atoms in total. The van der Waals surface area contributed by atoms with E-state index in [0.717, 1.165) is 12.8 Å². The zero-order valence-electron chi connectivity index (χ0n) is 6.88. The highest BCUT2D eigenvalue weighted by Crippen LogP contribution is 1.95. The summed E-state index contributed by atoms with van der Waals surface area (Å²) >= 11 is 0. The van der Waals surface area contributed by atoms with Crippen LogP contribution in [0.2, 0.25) is 0 Å². The molecule has 0 saturated carbocycles. The van der Waals surface area contributed by atoms with Crippen molar-refractivity contribution in [3.63, 3.8) is 0 Å². The molecule has 0 spiro atoms. The van der Waals surface area contributed by atoms with Gasteiger partial charge in [-0.1, -0.05) is 5.92 Å². The smallest absolute Gasteiger partial charge is 0.317 e. The number of esters is 1. The summed E-state index contributed by atoms with van der Waals surface area (Å²) in [5.74, 6) is 1.83. The van der Waals surface area contributed by atoms with Gasteiger partial charge in [0.15, 0.2) is 0 Å². The first-order chi connectivity index (χ1) is 5.81. The van der Waals surface area contributed by atoms with Crippen LogP contribution in [0.3, 0.4) is 0 Å². The average molecular weight is 165 g/mol. The number of rotatable bonds is 5. The van der Waals surface area contributed by atoms with Crippen LogP contribution in [0, 0.1) is 23.7 Å². The first-order valence-corrected chi connectivity index (χ1v) is 3.77. The molecule has 0 aliphatic carbocycles. The number of nitrogens with zero attached hydrogens (tertiary/aromatic N) is 1. The number of hydrogen-bond acceptors (Lipinski definition) is 3. The molecule has 64 valence electrons. The Kier molecular flexibility index (Phi) is 6.68. The van der Waals surface area contributed by atoms with Crippen LogP contribution >= 0.6 is 0 Å². The van der Waals surface area contributed by atoms with E-state index in [9.17, 15) is 4.79 Å². The Morgan fingerprint density at radius 1 is 1.50 bits per heavy atom. The Morgan fingerprint density at radius 3 is 2.83 bits per heavy atom. The van der Waals surface area contributed by atoms with Crippen LogP contribution in [0.25, 0.3) is 0 Å². The lowest BCUT2D eigenvalue weighted by Crippen LogP contribution is -2.04. The number of hydrogen-bond donors (Lipinski definition) is 0. The molecule has 12 heavy (non-hydrogen) atoms. The molecule has 0 amide bonds. The fraction of sp³-hybridized carbons (Fsp3) is 0.556. The summed E-state index contributed by atoms with van der Waals surface area (Å²) in [5, 5.41) is 8.17. The van der Waals surface area contributed by atoms with Crippen LogP contribution < -0.4 is 0 Å². The van der Waals surface area contributed by atoms with Crippen LogP contribution in [0.15, 0.2) is 0 Å². The first-order valence-electron chi connectivity index (χ1n) is 3.77. The number of nitriles is 1. The Morgan fingerprint density at radius 2 is 2.25 bits per heavy atom. The van der Waals surface area contributed by atoms with E-state index in [-0.39, 0.29) is 12.4 Å². The molecular weight excluding hydrogens is 154 g/mol. The van der Waals surface area contributed by atoms with Gasteiger partial charge in [-0.15, -0.1) is 6.42 Å². The number of carbonyl (C=O) groups is 1. The van der Waals surface area contributed by atoms with Gasteiger partial charge < -0.3 is 4.74 Å². The van der Waals surface area contributed by atoms with E-state index in [1.54, 1.807) is 0 Å². The van der Waals surface area contributed by atoms with Gasteiger partial charge in [-0.2, -0.15) is 5.26 Å². The molecule has 0 radical (unpaired) electrons.